The molecule has 17 heavy (non-hydrogen) atoms. The Bertz CT molecular complexity index is 523. The van der Waals surface area contributed by atoms with Crippen molar-refractivity contribution in [2.45, 2.75) is 6.54 Å². The van der Waals surface area contributed by atoms with Crippen molar-refractivity contribution >= 4 is 17.1 Å². The predicted molar refractivity (Wildman–Crippen MR) is 63.5 cm³/mol. The minimum absolute atomic E-state index is 0.0222. The molecule has 0 spiro atoms. The smallest absolute Gasteiger partial charge is 0.271 e. The van der Waals surface area contributed by atoms with Crippen LogP contribution in [-0.2, 0) is 6.54 Å². The van der Waals surface area contributed by atoms with Crippen molar-refractivity contribution in [1.82, 2.24) is 0 Å². The minimum Gasteiger partial charge on any atom is -0.467 e. The highest BCUT2D eigenvalue weighted by Crippen LogP contribution is 2.24. The zero-order chi connectivity index (χ0) is 12.3. The van der Waals surface area contributed by atoms with Crippen LogP contribution < -0.4 is 11.1 Å². The third kappa shape index (κ3) is 2.54. The number of nitrogen functional groups attached to an aromatic ring is 1. The van der Waals surface area contributed by atoms with E-state index in [9.17, 15) is 10.1 Å². The van der Waals surface area contributed by atoms with Gasteiger partial charge in [-0.25, -0.2) is 0 Å². The van der Waals surface area contributed by atoms with Crippen molar-refractivity contribution in [2.75, 3.05) is 11.1 Å². The lowest BCUT2D eigenvalue weighted by Crippen LogP contribution is -2.02. The first-order valence-corrected chi connectivity index (χ1v) is 4.97. The van der Waals surface area contributed by atoms with Gasteiger partial charge in [-0.1, -0.05) is 0 Å². The number of anilines is 2. The molecule has 6 nitrogen and oxygen atoms in total. The van der Waals surface area contributed by atoms with Crippen LogP contribution in [0, 0.1) is 10.1 Å². The molecule has 0 aliphatic carbocycles. The molecule has 0 unspecified atom stereocenters. The summed E-state index contributed by atoms with van der Waals surface area (Å²) in [5, 5.41) is 13.6. The van der Waals surface area contributed by atoms with Crippen LogP contribution in [0.15, 0.2) is 41.0 Å². The van der Waals surface area contributed by atoms with Crippen LogP contribution in [0.25, 0.3) is 0 Å². The maximum Gasteiger partial charge on any atom is 0.271 e. The van der Waals surface area contributed by atoms with Crippen LogP contribution in [0.3, 0.4) is 0 Å². The van der Waals surface area contributed by atoms with Crippen LogP contribution in [-0.4, -0.2) is 4.92 Å². The number of benzene rings is 1. The topological polar surface area (TPSA) is 94.3 Å². The molecule has 2 rings (SSSR count). The van der Waals surface area contributed by atoms with E-state index in [4.69, 9.17) is 10.2 Å². The SMILES string of the molecule is Nc1cc([N+](=O)[O-])ccc1NCc1ccco1. The van der Waals surface area contributed by atoms with E-state index in [1.165, 1.54) is 12.1 Å². The Morgan fingerprint density at radius 2 is 2.24 bits per heavy atom. The van der Waals surface area contributed by atoms with E-state index in [-0.39, 0.29) is 5.69 Å². The van der Waals surface area contributed by atoms with Gasteiger partial charge in [0.25, 0.3) is 5.69 Å². The number of nitrogens with two attached hydrogens (primary N) is 1. The summed E-state index contributed by atoms with van der Waals surface area (Å²) in [6.45, 7) is 0.481. The Morgan fingerprint density at radius 1 is 1.41 bits per heavy atom. The lowest BCUT2D eigenvalue weighted by atomic mass is 10.2. The fraction of sp³-hybridized carbons (Fsp3) is 0.0909. The molecule has 3 N–H and O–H groups in total. The quantitative estimate of drug-likeness (QED) is 0.480. The number of hydrogen-bond acceptors (Lipinski definition) is 5. The first-order chi connectivity index (χ1) is 8.16. The Labute approximate surface area is 97.2 Å². The third-order valence-electron chi connectivity index (χ3n) is 2.28. The Kier molecular flexibility index (Phi) is 2.95. The van der Waals surface area contributed by atoms with E-state index in [0.29, 0.717) is 17.9 Å². The fourth-order valence-corrected chi connectivity index (χ4v) is 1.42. The first-order valence-electron chi connectivity index (χ1n) is 4.97. The van der Waals surface area contributed by atoms with Gasteiger partial charge in [0, 0.05) is 12.1 Å². The number of nitrogens with zero attached hydrogens (tertiary/aromatic N) is 1. The molecule has 1 heterocycles. The van der Waals surface area contributed by atoms with Crippen LogP contribution in [0.1, 0.15) is 5.76 Å². The standard InChI is InChI=1S/C11H11N3O3/c12-10-6-8(14(15)16)3-4-11(10)13-7-9-2-1-5-17-9/h1-6,13H,7,12H2. The van der Waals surface area contributed by atoms with E-state index < -0.39 is 4.92 Å². The van der Waals surface area contributed by atoms with Crippen LogP contribution in [0.4, 0.5) is 17.1 Å². The van der Waals surface area contributed by atoms with Gasteiger partial charge >= 0.3 is 0 Å². The van der Waals surface area contributed by atoms with Gasteiger partial charge in [-0.3, -0.25) is 10.1 Å². The average molecular weight is 233 g/mol. The average Bonchev–Trinajstić information content (AvgIpc) is 2.80. The molecule has 0 aliphatic heterocycles. The summed E-state index contributed by atoms with van der Waals surface area (Å²) in [5.74, 6) is 0.766. The third-order valence-corrected chi connectivity index (χ3v) is 2.28. The van der Waals surface area contributed by atoms with E-state index in [0.717, 1.165) is 5.76 Å². The molecule has 2 aromatic rings. The summed E-state index contributed by atoms with van der Waals surface area (Å²) >= 11 is 0. The Hall–Kier alpha value is -2.50. The molecule has 0 bridgehead atoms. The monoisotopic (exact) mass is 233 g/mol. The number of nitrogens with one attached hydrogen (secondary N) is 1. The number of nitro groups is 1. The van der Waals surface area contributed by atoms with Gasteiger partial charge in [-0.2, -0.15) is 0 Å². The number of non-ortho nitro benzene ring substituents is 1. The highest BCUT2D eigenvalue weighted by Gasteiger charge is 2.08. The summed E-state index contributed by atoms with van der Waals surface area (Å²) in [6, 6.07) is 7.92. The molecule has 0 radical (unpaired) electrons. The van der Waals surface area contributed by atoms with Gasteiger partial charge in [0.15, 0.2) is 0 Å². The molecule has 0 saturated heterocycles. The van der Waals surface area contributed by atoms with Crippen LogP contribution in [0.5, 0.6) is 0 Å². The molecular weight excluding hydrogens is 222 g/mol. The normalized spacial score (nSPS) is 10.1. The van der Waals surface area contributed by atoms with Gasteiger partial charge < -0.3 is 15.5 Å². The van der Waals surface area contributed by atoms with Crippen molar-refractivity contribution in [2.24, 2.45) is 0 Å². The zero-order valence-electron chi connectivity index (χ0n) is 8.92. The molecule has 0 atom stereocenters. The Morgan fingerprint density at radius 3 is 2.82 bits per heavy atom. The summed E-state index contributed by atoms with van der Waals surface area (Å²) in [7, 11) is 0. The number of furan rings is 1. The van der Waals surface area contributed by atoms with Gasteiger partial charge in [-0.05, 0) is 18.2 Å². The molecule has 0 aliphatic rings. The molecular formula is C11H11N3O3. The van der Waals surface area contributed by atoms with E-state index in [1.54, 1.807) is 18.4 Å². The summed E-state index contributed by atoms with van der Waals surface area (Å²) in [5.41, 5.74) is 6.66. The summed E-state index contributed by atoms with van der Waals surface area (Å²) in [6.07, 6.45) is 1.58. The summed E-state index contributed by atoms with van der Waals surface area (Å²) in [4.78, 5) is 10.0. The largest absolute Gasteiger partial charge is 0.467 e. The number of nitro benzene ring substituents is 1. The highest BCUT2D eigenvalue weighted by molar-refractivity contribution is 5.69. The van der Waals surface area contributed by atoms with Gasteiger partial charge in [-0.15, -0.1) is 0 Å². The van der Waals surface area contributed by atoms with Gasteiger partial charge in [0.05, 0.1) is 29.1 Å². The minimum atomic E-state index is -0.479. The molecule has 1 aromatic carbocycles. The maximum absolute atomic E-state index is 10.5. The van der Waals surface area contributed by atoms with Gasteiger partial charge in [0.1, 0.15) is 5.76 Å². The molecule has 6 heteroatoms. The molecule has 0 fully saturated rings. The molecule has 88 valence electrons. The second-order valence-electron chi connectivity index (χ2n) is 3.46. The van der Waals surface area contributed by atoms with Crippen molar-refractivity contribution < 1.29 is 9.34 Å². The second-order valence-corrected chi connectivity index (χ2v) is 3.46. The fourth-order valence-electron chi connectivity index (χ4n) is 1.42. The summed E-state index contributed by atoms with van der Waals surface area (Å²) < 4.78 is 5.15. The number of rotatable bonds is 4. The second kappa shape index (κ2) is 4.56. The maximum atomic E-state index is 10.5. The van der Waals surface area contributed by atoms with Crippen molar-refractivity contribution in [3.8, 4) is 0 Å². The predicted octanol–water partition coefficient (Wildman–Crippen LogP) is 2.38. The Balaban J connectivity index is 2.09. The zero-order valence-corrected chi connectivity index (χ0v) is 8.92. The van der Waals surface area contributed by atoms with Crippen LogP contribution in [0.2, 0.25) is 0 Å². The molecule has 0 amide bonds. The highest BCUT2D eigenvalue weighted by atomic mass is 16.6. The van der Waals surface area contributed by atoms with E-state index in [2.05, 4.69) is 5.32 Å². The van der Waals surface area contributed by atoms with Crippen LogP contribution >= 0.6 is 0 Å². The van der Waals surface area contributed by atoms with Gasteiger partial charge in [0.2, 0.25) is 0 Å². The van der Waals surface area contributed by atoms with E-state index in [1.807, 2.05) is 6.07 Å². The van der Waals surface area contributed by atoms with Crippen molar-refractivity contribution in [3.63, 3.8) is 0 Å². The van der Waals surface area contributed by atoms with Crippen molar-refractivity contribution in [1.29, 1.82) is 0 Å². The lowest BCUT2D eigenvalue weighted by Gasteiger charge is -2.07. The number of hydrogen-bond donors (Lipinski definition) is 2. The molecule has 0 saturated carbocycles. The first kappa shape index (κ1) is 11.0. The van der Waals surface area contributed by atoms with E-state index >= 15 is 0 Å². The molecule has 1 aromatic heterocycles. The lowest BCUT2D eigenvalue weighted by molar-refractivity contribution is -0.384. The van der Waals surface area contributed by atoms with Crippen molar-refractivity contribution in [3.05, 3.63) is 52.5 Å².